The lowest BCUT2D eigenvalue weighted by atomic mass is 9.89. The highest BCUT2D eigenvalue weighted by Crippen LogP contribution is 2.39. The van der Waals surface area contributed by atoms with Crippen molar-refractivity contribution in [3.05, 3.63) is 96.8 Å². The molecule has 166 valence electrons. The number of para-hydroxylation sites is 1. The number of furan rings is 1. The summed E-state index contributed by atoms with van der Waals surface area (Å²) in [5, 5.41) is 4.54. The number of hydrogen-bond donors (Lipinski definition) is 0. The van der Waals surface area contributed by atoms with Crippen molar-refractivity contribution in [1.82, 2.24) is 9.97 Å². The molecule has 0 radical (unpaired) electrons. The molecule has 0 amide bonds. The number of fused-ring (bicyclic) bond motifs is 5. The third kappa shape index (κ3) is 3.63. The number of rotatable bonds is 3. The molecule has 3 aromatic carbocycles. The van der Waals surface area contributed by atoms with Crippen LogP contribution in [0.2, 0.25) is 0 Å². The summed E-state index contributed by atoms with van der Waals surface area (Å²) in [7, 11) is 0. The van der Waals surface area contributed by atoms with Gasteiger partial charge in [-0.25, -0.2) is 0 Å². The summed E-state index contributed by atoms with van der Waals surface area (Å²) in [4.78, 5) is 9.26. The van der Waals surface area contributed by atoms with E-state index in [2.05, 4.69) is 46.4 Å². The van der Waals surface area contributed by atoms with Crippen LogP contribution in [0, 0.1) is 5.41 Å². The minimum absolute atomic E-state index is 0.531. The van der Waals surface area contributed by atoms with Gasteiger partial charge in [0.2, 0.25) is 0 Å². The van der Waals surface area contributed by atoms with Gasteiger partial charge in [0.15, 0.2) is 0 Å². The van der Waals surface area contributed by atoms with E-state index >= 15 is 0 Å². The van der Waals surface area contributed by atoms with Gasteiger partial charge in [0, 0.05) is 37.0 Å². The Kier molecular flexibility index (Phi) is 4.24. The molecule has 0 atom stereocenters. The number of benzene rings is 3. The summed E-state index contributed by atoms with van der Waals surface area (Å²) in [6, 6.07) is 26.3. The lowest BCUT2D eigenvalue weighted by Crippen LogP contribution is -2.09. The molecule has 3 heteroatoms. The Morgan fingerprint density at radius 2 is 1.68 bits per heavy atom. The Morgan fingerprint density at radius 1 is 0.824 bits per heavy atom. The van der Waals surface area contributed by atoms with Crippen LogP contribution in [0.5, 0.6) is 0 Å². The normalized spacial score (nSPS) is 13.4. The molecule has 3 heterocycles. The molecule has 0 fully saturated rings. The van der Waals surface area contributed by atoms with E-state index in [1.165, 1.54) is 10.8 Å². The van der Waals surface area contributed by atoms with Gasteiger partial charge < -0.3 is 4.42 Å². The number of hydrogen-bond acceptors (Lipinski definition) is 3. The zero-order valence-electron chi connectivity index (χ0n) is 21.5. The highest BCUT2D eigenvalue weighted by molar-refractivity contribution is 6.20. The molecule has 3 aromatic heterocycles. The van der Waals surface area contributed by atoms with E-state index in [1.807, 2.05) is 63.2 Å². The summed E-state index contributed by atoms with van der Waals surface area (Å²) < 4.78 is 23.4. The van der Waals surface area contributed by atoms with E-state index < -0.39 is 11.8 Å². The van der Waals surface area contributed by atoms with Gasteiger partial charge in [-0.2, -0.15) is 0 Å². The molecule has 0 aliphatic rings. The summed E-state index contributed by atoms with van der Waals surface area (Å²) >= 11 is 0. The second kappa shape index (κ2) is 7.81. The molecule has 3 nitrogen and oxygen atoms in total. The van der Waals surface area contributed by atoms with E-state index in [4.69, 9.17) is 7.16 Å². The fourth-order valence-electron chi connectivity index (χ4n) is 4.58. The Hall–Kier alpha value is -3.98. The van der Waals surface area contributed by atoms with E-state index in [0.29, 0.717) is 5.56 Å². The van der Waals surface area contributed by atoms with Crippen LogP contribution in [-0.2, 0) is 6.37 Å². The average molecular weight is 445 g/mol. The minimum atomic E-state index is -1.48. The van der Waals surface area contributed by atoms with Crippen molar-refractivity contribution in [2.75, 3.05) is 0 Å². The van der Waals surface area contributed by atoms with E-state index in [1.54, 1.807) is 12.4 Å². The Morgan fingerprint density at radius 3 is 2.50 bits per heavy atom. The van der Waals surface area contributed by atoms with Crippen LogP contribution < -0.4 is 0 Å². The highest BCUT2D eigenvalue weighted by atomic mass is 16.3. The number of nitrogens with zero attached hydrogens (tertiary/aromatic N) is 2. The van der Waals surface area contributed by atoms with Crippen LogP contribution in [0.4, 0.5) is 0 Å². The molecule has 0 unspecified atom stereocenters. The highest BCUT2D eigenvalue weighted by Gasteiger charge is 2.16. The summed E-state index contributed by atoms with van der Waals surface area (Å²) in [5.74, 6) is 0. The van der Waals surface area contributed by atoms with E-state index in [9.17, 15) is 0 Å². The van der Waals surface area contributed by atoms with Crippen molar-refractivity contribution in [2.24, 2.45) is 5.41 Å². The summed E-state index contributed by atoms with van der Waals surface area (Å²) in [6.45, 7) is 5.70. The Bertz CT molecular complexity index is 1750. The molecule has 0 aliphatic carbocycles. The van der Waals surface area contributed by atoms with Crippen molar-refractivity contribution in [3.63, 3.8) is 0 Å². The molecule has 0 spiro atoms. The van der Waals surface area contributed by atoms with Gasteiger partial charge >= 0.3 is 0 Å². The first-order valence-corrected chi connectivity index (χ1v) is 11.5. The SMILES string of the molecule is [2H]C([2H])(c1ccc(-c2ccnc(-c3cccc4c3oc3ccc5ccccc5c34)c2)nc1)C(C)(C)C. The molecular weight excluding hydrogens is 416 g/mol. The molecule has 0 saturated carbocycles. The smallest absolute Gasteiger partial charge is 0.144 e. The lowest BCUT2D eigenvalue weighted by Gasteiger charge is -2.17. The lowest BCUT2D eigenvalue weighted by molar-refractivity contribution is 0.411. The first-order valence-electron chi connectivity index (χ1n) is 12.5. The first kappa shape index (κ1) is 18.4. The van der Waals surface area contributed by atoms with Crippen LogP contribution in [-0.4, -0.2) is 9.97 Å². The zero-order chi connectivity index (χ0) is 25.1. The summed E-state index contributed by atoms with van der Waals surface area (Å²) in [6.07, 6.45) is 1.94. The summed E-state index contributed by atoms with van der Waals surface area (Å²) in [5.41, 5.74) is 5.14. The van der Waals surface area contributed by atoms with Gasteiger partial charge in [0.25, 0.3) is 0 Å². The molecular formula is C31H26N2O. The second-order valence-corrected chi connectivity index (χ2v) is 9.68. The second-order valence-electron chi connectivity index (χ2n) is 9.68. The molecule has 34 heavy (non-hydrogen) atoms. The number of aromatic nitrogens is 2. The van der Waals surface area contributed by atoms with Gasteiger partial charge in [-0.3, -0.25) is 9.97 Å². The van der Waals surface area contributed by atoms with Crippen molar-refractivity contribution >= 4 is 32.7 Å². The minimum Gasteiger partial charge on any atom is -0.455 e. The fraction of sp³-hybridized carbons (Fsp3) is 0.161. The maximum atomic E-state index is 8.52. The molecule has 6 rings (SSSR count). The molecule has 0 saturated heterocycles. The van der Waals surface area contributed by atoms with Crippen LogP contribution in [0.25, 0.3) is 55.2 Å². The molecule has 0 aliphatic heterocycles. The molecule has 0 bridgehead atoms. The average Bonchev–Trinajstić information content (AvgIpc) is 3.27. The van der Waals surface area contributed by atoms with Crippen LogP contribution in [0.3, 0.4) is 0 Å². The monoisotopic (exact) mass is 444 g/mol. The van der Waals surface area contributed by atoms with Gasteiger partial charge in [0.05, 0.1) is 11.4 Å². The standard InChI is InChI=1S/C31H26N2O/c1-31(2,3)18-20-11-13-26(33-19-20)22-15-16-32-27(17-22)24-9-6-10-25-29-23-8-5-4-7-21(23)12-14-28(29)34-30(24)25/h4-17,19H,18H2,1-3H3/i18D2. The van der Waals surface area contributed by atoms with Crippen molar-refractivity contribution < 1.29 is 7.16 Å². The number of pyridine rings is 2. The van der Waals surface area contributed by atoms with Gasteiger partial charge in [-0.05, 0) is 58.5 Å². The Balaban J connectivity index is 1.45. The van der Waals surface area contributed by atoms with Crippen LogP contribution in [0.1, 0.15) is 29.1 Å². The predicted octanol–water partition coefficient (Wildman–Crippen LogP) is 8.45. The van der Waals surface area contributed by atoms with Crippen molar-refractivity contribution in [1.29, 1.82) is 0 Å². The molecule has 6 aromatic rings. The van der Waals surface area contributed by atoms with Crippen molar-refractivity contribution in [3.8, 4) is 22.5 Å². The van der Waals surface area contributed by atoms with Gasteiger partial charge in [0.1, 0.15) is 11.2 Å². The Labute approximate surface area is 201 Å². The third-order valence-corrected chi connectivity index (χ3v) is 6.00. The van der Waals surface area contributed by atoms with Crippen LogP contribution >= 0.6 is 0 Å². The fourth-order valence-corrected chi connectivity index (χ4v) is 4.58. The maximum absolute atomic E-state index is 8.52. The first-order chi connectivity index (χ1) is 17.2. The molecule has 0 N–H and O–H groups in total. The maximum Gasteiger partial charge on any atom is 0.144 e. The largest absolute Gasteiger partial charge is 0.455 e. The van der Waals surface area contributed by atoms with Gasteiger partial charge in [-0.15, -0.1) is 0 Å². The predicted molar refractivity (Wildman–Crippen MR) is 141 cm³/mol. The topological polar surface area (TPSA) is 38.9 Å². The van der Waals surface area contributed by atoms with Crippen LogP contribution in [0.15, 0.2) is 95.7 Å². The van der Waals surface area contributed by atoms with E-state index in [0.717, 1.165) is 44.5 Å². The van der Waals surface area contributed by atoms with E-state index in [-0.39, 0.29) is 0 Å². The third-order valence-electron chi connectivity index (χ3n) is 6.00. The van der Waals surface area contributed by atoms with Crippen molar-refractivity contribution in [2.45, 2.75) is 27.1 Å². The van der Waals surface area contributed by atoms with Gasteiger partial charge in [-0.1, -0.05) is 69.3 Å². The quantitative estimate of drug-likeness (QED) is 0.275. The zero-order valence-corrected chi connectivity index (χ0v) is 19.5.